The summed E-state index contributed by atoms with van der Waals surface area (Å²) in [7, 11) is 0. The van der Waals surface area contributed by atoms with Crippen LogP contribution in [0.1, 0.15) is 18.9 Å². The number of hydrogen-bond donors (Lipinski definition) is 1. The van der Waals surface area contributed by atoms with Crippen LogP contribution in [-0.4, -0.2) is 84.9 Å². The Morgan fingerprint density at radius 1 is 1.04 bits per heavy atom. The minimum Gasteiger partial charge on any atom is -0.491 e. The molecule has 0 aliphatic carbocycles. The summed E-state index contributed by atoms with van der Waals surface area (Å²) in [5.74, 6) is 0.864. The molecule has 0 radical (unpaired) electrons. The van der Waals surface area contributed by atoms with E-state index in [0.717, 1.165) is 45.0 Å². The zero-order valence-corrected chi connectivity index (χ0v) is 14.9. The summed E-state index contributed by atoms with van der Waals surface area (Å²) in [6.45, 7) is 12.1. The predicted molar refractivity (Wildman–Crippen MR) is 96.4 cm³/mol. The molecule has 0 saturated carbocycles. The molecular weight excluding hydrogens is 302 g/mol. The van der Waals surface area contributed by atoms with Crippen molar-refractivity contribution in [1.82, 2.24) is 14.7 Å². The van der Waals surface area contributed by atoms with Crippen molar-refractivity contribution in [3.63, 3.8) is 0 Å². The zero-order chi connectivity index (χ0) is 16.8. The minimum absolute atomic E-state index is 0.362. The number of ether oxygens (including phenoxy) is 1. The Balaban J connectivity index is 1.39. The van der Waals surface area contributed by atoms with Crippen LogP contribution < -0.4 is 4.74 Å². The number of aliphatic hydroxyl groups excluding tert-OH is 1. The molecule has 134 valence electrons. The molecule has 1 atom stereocenters. The Morgan fingerprint density at radius 2 is 1.79 bits per heavy atom. The van der Waals surface area contributed by atoms with E-state index in [1.165, 1.54) is 25.1 Å². The molecule has 3 rings (SSSR count). The van der Waals surface area contributed by atoms with Crippen LogP contribution in [0.3, 0.4) is 0 Å². The Morgan fingerprint density at radius 3 is 2.46 bits per heavy atom. The van der Waals surface area contributed by atoms with Crippen LogP contribution in [0.4, 0.5) is 0 Å². The largest absolute Gasteiger partial charge is 0.491 e. The molecule has 0 unspecified atom stereocenters. The number of benzene rings is 1. The van der Waals surface area contributed by atoms with Gasteiger partial charge in [0.25, 0.3) is 0 Å². The second kappa shape index (κ2) is 8.81. The van der Waals surface area contributed by atoms with E-state index in [9.17, 15) is 5.11 Å². The van der Waals surface area contributed by atoms with Crippen molar-refractivity contribution < 1.29 is 9.84 Å². The first-order chi connectivity index (χ1) is 11.7. The summed E-state index contributed by atoms with van der Waals surface area (Å²) in [6, 6.07) is 8.27. The van der Waals surface area contributed by atoms with E-state index < -0.39 is 6.10 Å². The number of β-amino-alcohol motifs (C(OH)–C–C–N with tert-alkyl or cyclic N) is 1. The van der Waals surface area contributed by atoms with Crippen LogP contribution in [0, 0.1) is 0 Å². The lowest BCUT2D eigenvalue weighted by Gasteiger charge is -2.34. The fourth-order valence-electron chi connectivity index (χ4n) is 3.36. The summed E-state index contributed by atoms with van der Waals surface area (Å²) in [4.78, 5) is 7.22. The molecule has 0 bridgehead atoms. The first kappa shape index (κ1) is 17.7. The lowest BCUT2D eigenvalue weighted by atomic mass is 10.1. The first-order valence-electron chi connectivity index (χ1n) is 9.30. The lowest BCUT2D eigenvalue weighted by molar-refractivity contribution is 0.0470. The van der Waals surface area contributed by atoms with Crippen molar-refractivity contribution in [3.8, 4) is 5.75 Å². The maximum absolute atomic E-state index is 10.3. The van der Waals surface area contributed by atoms with E-state index in [2.05, 4.69) is 33.8 Å². The highest BCUT2D eigenvalue weighted by atomic mass is 16.5. The van der Waals surface area contributed by atoms with Gasteiger partial charge in [0.15, 0.2) is 0 Å². The highest BCUT2D eigenvalue weighted by Crippen LogP contribution is 2.18. The van der Waals surface area contributed by atoms with E-state index in [4.69, 9.17) is 4.74 Å². The summed E-state index contributed by atoms with van der Waals surface area (Å²) < 4.78 is 5.82. The van der Waals surface area contributed by atoms with Gasteiger partial charge in [-0.25, -0.2) is 0 Å². The smallest absolute Gasteiger partial charge is 0.119 e. The minimum atomic E-state index is -0.433. The number of rotatable bonds is 8. The summed E-state index contributed by atoms with van der Waals surface area (Å²) >= 11 is 0. The molecule has 1 aromatic rings. The maximum atomic E-state index is 10.3. The third kappa shape index (κ3) is 5.18. The van der Waals surface area contributed by atoms with Crippen LogP contribution in [0.15, 0.2) is 24.3 Å². The average Bonchev–Trinajstić information content (AvgIpc) is 2.57. The Labute approximate surface area is 145 Å². The molecular formula is C19H31N3O2. The second-order valence-electron chi connectivity index (χ2n) is 6.98. The van der Waals surface area contributed by atoms with E-state index in [1.54, 1.807) is 0 Å². The summed E-state index contributed by atoms with van der Waals surface area (Å²) in [5, 5.41) is 10.3. The SMILES string of the molecule is CCN1CCN(C[C@@H](O)COc2cccc(CN3CCC3)c2)CC1. The quantitative estimate of drug-likeness (QED) is 0.776. The van der Waals surface area contributed by atoms with Gasteiger partial charge in [-0.2, -0.15) is 0 Å². The fourth-order valence-corrected chi connectivity index (χ4v) is 3.36. The van der Waals surface area contributed by atoms with Gasteiger partial charge in [-0.15, -0.1) is 0 Å². The normalized spacial score (nSPS) is 21.4. The van der Waals surface area contributed by atoms with Crippen molar-refractivity contribution in [1.29, 1.82) is 0 Å². The Hall–Kier alpha value is -1.14. The first-order valence-corrected chi connectivity index (χ1v) is 9.30. The molecule has 5 heteroatoms. The van der Waals surface area contributed by atoms with Gasteiger partial charge in [-0.05, 0) is 43.8 Å². The third-order valence-corrected chi connectivity index (χ3v) is 5.08. The topological polar surface area (TPSA) is 39.2 Å². The van der Waals surface area contributed by atoms with Crippen molar-refractivity contribution in [2.45, 2.75) is 26.0 Å². The number of nitrogens with zero attached hydrogens (tertiary/aromatic N) is 3. The summed E-state index contributed by atoms with van der Waals surface area (Å²) in [6.07, 6.45) is 0.881. The van der Waals surface area contributed by atoms with Crippen molar-refractivity contribution in [2.24, 2.45) is 0 Å². The molecule has 2 aliphatic rings. The Bertz CT molecular complexity index is 499. The predicted octanol–water partition coefficient (Wildman–Crippen LogP) is 1.27. The second-order valence-corrected chi connectivity index (χ2v) is 6.98. The van der Waals surface area contributed by atoms with Gasteiger partial charge in [-0.1, -0.05) is 19.1 Å². The molecule has 0 aromatic heterocycles. The molecule has 0 spiro atoms. The molecule has 5 nitrogen and oxygen atoms in total. The van der Waals surface area contributed by atoms with Gasteiger partial charge in [-0.3, -0.25) is 9.80 Å². The molecule has 1 N–H and O–H groups in total. The summed E-state index contributed by atoms with van der Waals surface area (Å²) in [5.41, 5.74) is 1.29. The van der Waals surface area contributed by atoms with E-state index in [1.807, 2.05) is 12.1 Å². The van der Waals surface area contributed by atoms with E-state index in [-0.39, 0.29) is 0 Å². The molecule has 2 saturated heterocycles. The van der Waals surface area contributed by atoms with Crippen molar-refractivity contribution in [3.05, 3.63) is 29.8 Å². The number of hydrogen-bond acceptors (Lipinski definition) is 5. The standard InChI is InChI=1S/C19H31N3O2/c1-2-20-9-11-22(12-10-20)15-18(23)16-24-19-6-3-5-17(13-19)14-21-7-4-8-21/h3,5-6,13,18,23H,2,4,7-12,14-16H2,1H3/t18-/m1/s1. The molecule has 1 aromatic carbocycles. The number of likely N-dealkylation sites (tertiary alicyclic amines) is 1. The molecule has 0 amide bonds. The molecule has 2 fully saturated rings. The van der Waals surface area contributed by atoms with Crippen LogP contribution >= 0.6 is 0 Å². The maximum Gasteiger partial charge on any atom is 0.119 e. The van der Waals surface area contributed by atoms with Crippen LogP contribution in [0.5, 0.6) is 5.75 Å². The van der Waals surface area contributed by atoms with Crippen molar-refractivity contribution in [2.75, 3.05) is 59.0 Å². The van der Waals surface area contributed by atoms with Crippen molar-refractivity contribution >= 4 is 0 Å². The van der Waals surface area contributed by atoms with E-state index in [0.29, 0.717) is 13.2 Å². The molecule has 24 heavy (non-hydrogen) atoms. The van der Waals surface area contributed by atoms with Crippen LogP contribution in [0.25, 0.3) is 0 Å². The zero-order valence-electron chi connectivity index (χ0n) is 14.9. The average molecular weight is 333 g/mol. The van der Waals surface area contributed by atoms with Crippen LogP contribution in [0.2, 0.25) is 0 Å². The fraction of sp³-hybridized carbons (Fsp3) is 0.684. The van der Waals surface area contributed by atoms with Gasteiger partial charge in [0, 0.05) is 39.3 Å². The van der Waals surface area contributed by atoms with Gasteiger partial charge < -0.3 is 14.7 Å². The van der Waals surface area contributed by atoms with Gasteiger partial charge >= 0.3 is 0 Å². The monoisotopic (exact) mass is 333 g/mol. The highest BCUT2D eigenvalue weighted by Gasteiger charge is 2.18. The number of piperazine rings is 1. The van der Waals surface area contributed by atoms with Gasteiger partial charge in [0.05, 0.1) is 0 Å². The third-order valence-electron chi connectivity index (χ3n) is 5.08. The Kier molecular flexibility index (Phi) is 6.49. The van der Waals surface area contributed by atoms with Gasteiger partial charge in [0.1, 0.15) is 18.5 Å². The molecule has 2 aliphatic heterocycles. The highest BCUT2D eigenvalue weighted by molar-refractivity contribution is 5.28. The van der Waals surface area contributed by atoms with E-state index >= 15 is 0 Å². The number of aliphatic hydroxyl groups is 1. The number of likely N-dealkylation sites (N-methyl/N-ethyl adjacent to an activating group) is 1. The lowest BCUT2D eigenvalue weighted by Crippen LogP contribution is -2.49. The van der Waals surface area contributed by atoms with Gasteiger partial charge in [0.2, 0.25) is 0 Å². The molecule has 2 heterocycles. The van der Waals surface area contributed by atoms with Crippen LogP contribution in [-0.2, 0) is 6.54 Å².